The third kappa shape index (κ3) is 2.86. The quantitative estimate of drug-likeness (QED) is 0.870. The number of ether oxygens (including phenoxy) is 1. The van der Waals surface area contributed by atoms with Crippen LogP contribution in [0.1, 0.15) is 36.9 Å². The predicted molar refractivity (Wildman–Crippen MR) is 78.6 cm³/mol. The Morgan fingerprint density at radius 3 is 3.00 bits per heavy atom. The van der Waals surface area contributed by atoms with E-state index in [0.717, 1.165) is 32.0 Å². The van der Waals surface area contributed by atoms with Crippen LogP contribution in [-0.4, -0.2) is 30.8 Å². The van der Waals surface area contributed by atoms with Crippen LogP contribution in [-0.2, 0) is 11.2 Å². The molecule has 2 heterocycles. The third-order valence-corrected chi connectivity index (χ3v) is 5.30. The Balaban J connectivity index is 1.78. The van der Waals surface area contributed by atoms with Crippen LogP contribution in [0.15, 0.2) is 5.38 Å². The molecule has 2 unspecified atom stereocenters. The molecular formula is C15H24N2OS. The zero-order valence-electron chi connectivity index (χ0n) is 11.9. The van der Waals surface area contributed by atoms with E-state index in [1.807, 2.05) is 0 Å². The molecule has 106 valence electrons. The molecule has 2 atom stereocenters. The topological polar surface area (TPSA) is 34.2 Å². The average molecular weight is 280 g/mol. The zero-order chi connectivity index (χ0) is 13.3. The standard InChI is InChI=1S/C15H24N2OS/c1-3-16-10-15(8-13-9-19-11(2)17-13)6-7-18-14(15)12-4-5-12/h9,12,14,16H,3-8,10H2,1-2H3. The highest BCUT2D eigenvalue weighted by Gasteiger charge is 2.50. The molecule has 1 aliphatic carbocycles. The molecule has 0 spiro atoms. The van der Waals surface area contributed by atoms with E-state index in [1.165, 1.54) is 30.0 Å². The van der Waals surface area contributed by atoms with Crippen molar-refractivity contribution >= 4 is 11.3 Å². The Morgan fingerprint density at radius 1 is 1.53 bits per heavy atom. The van der Waals surface area contributed by atoms with Crippen molar-refractivity contribution in [3.63, 3.8) is 0 Å². The highest BCUT2D eigenvalue weighted by molar-refractivity contribution is 7.09. The third-order valence-electron chi connectivity index (χ3n) is 4.48. The maximum Gasteiger partial charge on any atom is 0.0897 e. The van der Waals surface area contributed by atoms with Crippen LogP contribution in [0.4, 0.5) is 0 Å². The van der Waals surface area contributed by atoms with Crippen molar-refractivity contribution in [1.82, 2.24) is 10.3 Å². The molecule has 0 amide bonds. The van der Waals surface area contributed by atoms with Crippen molar-refractivity contribution in [2.45, 2.75) is 45.6 Å². The minimum atomic E-state index is 0.275. The van der Waals surface area contributed by atoms with Gasteiger partial charge in [-0.2, -0.15) is 0 Å². The van der Waals surface area contributed by atoms with Crippen molar-refractivity contribution in [2.75, 3.05) is 19.7 Å². The number of aryl methyl sites for hydroxylation is 1. The first-order chi connectivity index (χ1) is 9.23. The maximum absolute atomic E-state index is 6.10. The van der Waals surface area contributed by atoms with Crippen LogP contribution in [0, 0.1) is 18.3 Å². The van der Waals surface area contributed by atoms with E-state index in [-0.39, 0.29) is 5.41 Å². The first-order valence-electron chi connectivity index (χ1n) is 7.47. The Morgan fingerprint density at radius 2 is 2.37 bits per heavy atom. The number of aromatic nitrogens is 1. The molecule has 3 nitrogen and oxygen atoms in total. The first-order valence-corrected chi connectivity index (χ1v) is 8.35. The fourth-order valence-electron chi connectivity index (χ4n) is 3.41. The second-order valence-corrected chi connectivity index (χ2v) is 7.12. The fourth-order valence-corrected chi connectivity index (χ4v) is 4.02. The van der Waals surface area contributed by atoms with Gasteiger partial charge in [-0.3, -0.25) is 0 Å². The molecule has 19 heavy (non-hydrogen) atoms. The minimum absolute atomic E-state index is 0.275. The number of thiazole rings is 1. The summed E-state index contributed by atoms with van der Waals surface area (Å²) in [7, 11) is 0. The van der Waals surface area contributed by atoms with E-state index in [2.05, 4.69) is 29.5 Å². The Kier molecular flexibility index (Phi) is 3.92. The Labute approximate surface area is 119 Å². The minimum Gasteiger partial charge on any atom is -0.377 e. The smallest absolute Gasteiger partial charge is 0.0897 e. The lowest BCUT2D eigenvalue weighted by Crippen LogP contribution is -2.43. The molecule has 1 aromatic heterocycles. The van der Waals surface area contributed by atoms with E-state index in [9.17, 15) is 0 Å². The molecule has 2 aliphatic rings. The predicted octanol–water partition coefficient (Wildman–Crippen LogP) is 2.79. The molecule has 3 rings (SSSR count). The van der Waals surface area contributed by atoms with Gasteiger partial charge in [0.25, 0.3) is 0 Å². The summed E-state index contributed by atoms with van der Waals surface area (Å²) in [5.74, 6) is 0.806. The zero-order valence-corrected chi connectivity index (χ0v) is 12.8. The van der Waals surface area contributed by atoms with Gasteiger partial charge < -0.3 is 10.1 Å². The molecule has 1 aromatic rings. The summed E-state index contributed by atoms with van der Waals surface area (Å²) in [6.45, 7) is 7.31. The summed E-state index contributed by atoms with van der Waals surface area (Å²) in [6.07, 6.45) is 5.42. The van der Waals surface area contributed by atoms with Gasteiger partial charge in [0.15, 0.2) is 0 Å². The van der Waals surface area contributed by atoms with Crippen molar-refractivity contribution < 1.29 is 4.74 Å². The molecule has 4 heteroatoms. The van der Waals surface area contributed by atoms with Crippen molar-refractivity contribution in [1.29, 1.82) is 0 Å². The summed E-state index contributed by atoms with van der Waals surface area (Å²) in [5.41, 5.74) is 1.54. The number of nitrogens with zero attached hydrogens (tertiary/aromatic N) is 1. The van der Waals surface area contributed by atoms with E-state index >= 15 is 0 Å². The van der Waals surface area contributed by atoms with Gasteiger partial charge in [0.1, 0.15) is 0 Å². The molecule has 1 N–H and O–H groups in total. The van der Waals surface area contributed by atoms with Crippen molar-refractivity contribution in [3.05, 3.63) is 16.1 Å². The van der Waals surface area contributed by atoms with Gasteiger partial charge in [0, 0.05) is 23.9 Å². The summed E-state index contributed by atoms with van der Waals surface area (Å²) in [6, 6.07) is 0. The largest absolute Gasteiger partial charge is 0.377 e. The van der Waals surface area contributed by atoms with Gasteiger partial charge in [-0.05, 0) is 45.1 Å². The van der Waals surface area contributed by atoms with Gasteiger partial charge in [-0.25, -0.2) is 4.98 Å². The maximum atomic E-state index is 6.10. The van der Waals surface area contributed by atoms with Crippen LogP contribution >= 0.6 is 11.3 Å². The highest BCUT2D eigenvalue weighted by Crippen LogP contribution is 2.49. The number of rotatable bonds is 6. The van der Waals surface area contributed by atoms with Crippen LogP contribution in [0.2, 0.25) is 0 Å². The van der Waals surface area contributed by atoms with Crippen molar-refractivity contribution in [2.24, 2.45) is 11.3 Å². The highest BCUT2D eigenvalue weighted by atomic mass is 32.1. The van der Waals surface area contributed by atoms with Gasteiger partial charge in [-0.15, -0.1) is 11.3 Å². The molecule has 1 aliphatic heterocycles. The molecule has 0 bridgehead atoms. The normalized spacial score (nSPS) is 30.9. The number of hydrogen-bond acceptors (Lipinski definition) is 4. The fraction of sp³-hybridized carbons (Fsp3) is 0.800. The molecule has 0 aromatic carbocycles. The molecule has 2 fully saturated rings. The van der Waals surface area contributed by atoms with E-state index < -0.39 is 0 Å². The Hall–Kier alpha value is -0.450. The first kappa shape index (κ1) is 13.5. The second kappa shape index (κ2) is 5.51. The van der Waals surface area contributed by atoms with Gasteiger partial charge >= 0.3 is 0 Å². The lowest BCUT2D eigenvalue weighted by atomic mass is 9.75. The molecular weight excluding hydrogens is 256 g/mol. The summed E-state index contributed by atoms with van der Waals surface area (Å²) >= 11 is 1.76. The molecule has 0 radical (unpaired) electrons. The van der Waals surface area contributed by atoms with Crippen molar-refractivity contribution in [3.8, 4) is 0 Å². The average Bonchev–Trinajstić information content (AvgIpc) is 3.04. The van der Waals surface area contributed by atoms with Gasteiger partial charge in [-0.1, -0.05) is 6.92 Å². The summed E-state index contributed by atoms with van der Waals surface area (Å²) in [5, 5.41) is 6.97. The summed E-state index contributed by atoms with van der Waals surface area (Å²) < 4.78 is 6.10. The van der Waals surface area contributed by atoms with Crippen LogP contribution in [0.5, 0.6) is 0 Å². The van der Waals surface area contributed by atoms with E-state index in [1.54, 1.807) is 11.3 Å². The summed E-state index contributed by atoms with van der Waals surface area (Å²) in [4.78, 5) is 4.68. The van der Waals surface area contributed by atoms with Crippen LogP contribution in [0.25, 0.3) is 0 Å². The second-order valence-electron chi connectivity index (χ2n) is 6.06. The lowest BCUT2D eigenvalue weighted by molar-refractivity contribution is 0.0305. The van der Waals surface area contributed by atoms with Crippen LogP contribution < -0.4 is 5.32 Å². The number of nitrogens with one attached hydrogen (secondary N) is 1. The van der Waals surface area contributed by atoms with Gasteiger partial charge in [0.2, 0.25) is 0 Å². The molecule has 1 saturated heterocycles. The molecule has 1 saturated carbocycles. The van der Waals surface area contributed by atoms with Gasteiger partial charge in [0.05, 0.1) is 16.8 Å². The lowest BCUT2D eigenvalue weighted by Gasteiger charge is -2.34. The SMILES string of the molecule is CCNCC1(Cc2csc(C)n2)CCOC1C1CC1. The van der Waals surface area contributed by atoms with E-state index in [0.29, 0.717) is 6.10 Å². The Bertz CT molecular complexity index is 430. The van der Waals surface area contributed by atoms with E-state index in [4.69, 9.17) is 4.74 Å². The van der Waals surface area contributed by atoms with Crippen LogP contribution in [0.3, 0.4) is 0 Å². The number of hydrogen-bond donors (Lipinski definition) is 1. The monoisotopic (exact) mass is 280 g/mol.